The molecule has 0 spiro atoms. The summed E-state index contributed by atoms with van der Waals surface area (Å²) in [5, 5.41) is 6.21. The number of carbonyl (C=O) groups is 1. The molecule has 0 unspecified atom stereocenters. The van der Waals surface area contributed by atoms with Gasteiger partial charge in [0, 0.05) is 31.6 Å². The molecule has 1 aliphatic rings. The van der Waals surface area contributed by atoms with Gasteiger partial charge in [-0.2, -0.15) is 0 Å². The molecule has 1 heterocycles. The highest BCUT2D eigenvalue weighted by Gasteiger charge is 2.15. The Morgan fingerprint density at radius 1 is 1.18 bits per heavy atom. The zero-order valence-corrected chi connectivity index (χ0v) is 14.9. The number of carbonyl (C=O) groups excluding carboxylic acids is 1. The summed E-state index contributed by atoms with van der Waals surface area (Å²) in [5.41, 5.74) is 1.41. The van der Waals surface area contributed by atoms with Crippen LogP contribution < -0.4 is 10.6 Å². The smallest absolute Gasteiger partial charge is 0.261 e. The van der Waals surface area contributed by atoms with E-state index in [0.29, 0.717) is 13.2 Å². The fraction of sp³-hybridized carbons (Fsp3) is 0.688. The van der Waals surface area contributed by atoms with Gasteiger partial charge in [-0.15, -0.1) is 23.7 Å². The topological polar surface area (TPSA) is 50.4 Å². The first kappa shape index (κ1) is 19.4. The van der Waals surface area contributed by atoms with Crippen LogP contribution in [0.5, 0.6) is 0 Å². The highest BCUT2D eigenvalue weighted by molar-refractivity contribution is 7.14. The number of ether oxygens (including phenoxy) is 1. The molecular weight excluding hydrogens is 320 g/mol. The van der Waals surface area contributed by atoms with Crippen molar-refractivity contribution in [2.75, 3.05) is 33.4 Å². The molecular formula is C16H27ClN2O2S. The number of aryl methyl sites for hydroxylation is 2. The van der Waals surface area contributed by atoms with Crippen molar-refractivity contribution < 1.29 is 9.53 Å². The van der Waals surface area contributed by atoms with Gasteiger partial charge in [0.25, 0.3) is 5.91 Å². The van der Waals surface area contributed by atoms with Gasteiger partial charge in [-0.05, 0) is 37.3 Å². The minimum absolute atomic E-state index is 0. The molecule has 0 aromatic carbocycles. The van der Waals surface area contributed by atoms with Gasteiger partial charge in [-0.25, -0.2) is 0 Å². The average molecular weight is 347 g/mol. The second-order valence-electron chi connectivity index (χ2n) is 5.47. The van der Waals surface area contributed by atoms with Crippen molar-refractivity contribution in [2.24, 2.45) is 0 Å². The Bertz CT molecular complexity index is 426. The molecule has 2 N–H and O–H groups in total. The van der Waals surface area contributed by atoms with E-state index < -0.39 is 0 Å². The van der Waals surface area contributed by atoms with Crippen molar-refractivity contribution in [3.63, 3.8) is 0 Å². The predicted octanol–water partition coefficient (Wildman–Crippen LogP) is 2.79. The Kier molecular flexibility index (Phi) is 9.71. The molecule has 0 saturated heterocycles. The van der Waals surface area contributed by atoms with Crippen molar-refractivity contribution in [2.45, 2.75) is 38.5 Å². The molecule has 6 heteroatoms. The molecule has 1 aromatic heterocycles. The third-order valence-corrected chi connectivity index (χ3v) is 5.03. The fourth-order valence-corrected chi connectivity index (χ4v) is 3.78. The van der Waals surface area contributed by atoms with Gasteiger partial charge in [-0.3, -0.25) is 4.79 Å². The van der Waals surface area contributed by atoms with E-state index in [1.807, 2.05) is 0 Å². The summed E-state index contributed by atoms with van der Waals surface area (Å²) in [6.07, 6.45) is 7.45. The molecule has 1 amide bonds. The maximum Gasteiger partial charge on any atom is 0.261 e. The lowest BCUT2D eigenvalue weighted by Crippen LogP contribution is -2.32. The molecule has 2 rings (SSSR count). The van der Waals surface area contributed by atoms with Crippen LogP contribution in [0, 0.1) is 0 Å². The van der Waals surface area contributed by atoms with E-state index in [0.717, 1.165) is 30.8 Å². The van der Waals surface area contributed by atoms with E-state index in [-0.39, 0.29) is 18.3 Å². The molecule has 0 aliphatic heterocycles. The minimum atomic E-state index is 0. The number of rotatable bonds is 7. The van der Waals surface area contributed by atoms with E-state index in [1.54, 1.807) is 18.4 Å². The van der Waals surface area contributed by atoms with Gasteiger partial charge >= 0.3 is 0 Å². The molecule has 1 aliphatic carbocycles. The predicted molar refractivity (Wildman–Crippen MR) is 94.5 cm³/mol. The van der Waals surface area contributed by atoms with Crippen LogP contribution in [0.25, 0.3) is 0 Å². The molecule has 126 valence electrons. The van der Waals surface area contributed by atoms with Crippen LogP contribution in [0.4, 0.5) is 0 Å². The molecule has 0 radical (unpaired) electrons. The van der Waals surface area contributed by atoms with Gasteiger partial charge < -0.3 is 15.4 Å². The first-order valence-corrected chi connectivity index (χ1v) is 8.72. The first-order valence-electron chi connectivity index (χ1n) is 7.90. The number of halogens is 1. The van der Waals surface area contributed by atoms with Gasteiger partial charge in [-0.1, -0.05) is 12.8 Å². The van der Waals surface area contributed by atoms with Crippen molar-refractivity contribution in [3.8, 4) is 0 Å². The number of nitrogens with one attached hydrogen (secondary N) is 2. The van der Waals surface area contributed by atoms with Crippen LogP contribution in [0.3, 0.4) is 0 Å². The number of hydrogen-bond donors (Lipinski definition) is 2. The Morgan fingerprint density at radius 3 is 2.73 bits per heavy atom. The fourth-order valence-electron chi connectivity index (χ4n) is 2.61. The second kappa shape index (κ2) is 11.0. The number of hydrogen-bond acceptors (Lipinski definition) is 4. The lowest BCUT2D eigenvalue weighted by Gasteiger charge is -2.07. The summed E-state index contributed by atoms with van der Waals surface area (Å²) in [4.78, 5) is 14.5. The van der Waals surface area contributed by atoms with Gasteiger partial charge in [0.1, 0.15) is 0 Å². The highest BCUT2D eigenvalue weighted by atomic mass is 35.5. The summed E-state index contributed by atoms with van der Waals surface area (Å²) in [6.45, 7) is 2.95. The van der Waals surface area contributed by atoms with Crippen LogP contribution in [0.2, 0.25) is 0 Å². The number of thiophene rings is 1. The summed E-state index contributed by atoms with van der Waals surface area (Å²) < 4.78 is 4.96. The molecule has 0 fully saturated rings. The Hall–Kier alpha value is -0.620. The second-order valence-corrected chi connectivity index (χ2v) is 6.61. The standard InChI is InChI=1S/C16H26N2O2S.ClH/c1-20-11-10-17-8-9-18-16(19)15-12-13-6-4-2-3-5-7-14(13)21-15;/h12,17H,2-11H2,1H3,(H,18,19);1H. The Morgan fingerprint density at radius 2 is 1.95 bits per heavy atom. The van der Waals surface area contributed by atoms with Crippen molar-refractivity contribution in [1.29, 1.82) is 0 Å². The zero-order chi connectivity index (χ0) is 14.9. The molecule has 22 heavy (non-hydrogen) atoms. The number of amides is 1. The highest BCUT2D eigenvalue weighted by Crippen LogP contribution is 2.28. The van der Waals surface area contributed by atoms with E-state index in [4.69, 9.17) is 4.74 Å². The molecule has 0 bridgehead atoms. The zero-order valence-electron chi connectivity index (χ0n) is 13.3. The summed E-state index contributed by atoms with van der Waals surface area (Å²) in [7, 11) is 1.69. The first-order chi connectivity index (χ1) is 10.3. The largest absolute Gasteiger partial charge is 0.383 e. The van der Waals surface area contributed by atoms with Crippen LogP contribution in [-0.4, -0.2) is 39.3 Å². The van der Waals surface area contributed by atoms with E-state index >= 15 is 0 Å². The Balaban J connectivity index is 0.00000242. The van der Waals surface area contributed by atoms with E-state index in [2.05, 4.69) is 16.7 Å². The van der Waals surface area contributed by atoms with Crippen LogP contribution in [0.15, 0.2) is 6.07 Å². The van der Waals surface area contributed by atoms with Crippen molar-refractivity contribution in [3.05, 3.63) is 21.4 Å². The molecule has 4 nitrogen and oxygen atoms in total. The summed E-state index contributed by atoms with van der Waals surface area (Å²) >= 11 is 1.69. The average Bonchev–Trinajstić information content (AvgIpc) is 2.85. The van der Waals surface area contributed by atoms with Gasteiger partial charge in [0.2, 0.25) is 0 Å². The third kappa shape index (κ3) is 6.24. The maximum absolute atomic E-state index is 12.2. The molecule has 1 aromatic rings. The van der Waals surface area contributed by atoms with E-state index in [9.17, 15) is 4.79 Å². The van der Waals surface area contributed by atoms with Crippen molar-refractivity contribution >= 4 is 29.7 Å². The molecule has 0 atom stereocenters. The quantitative estimate of drug-likeness (QED) is 0.746. The van der Waals surface area contributed by atoms with Crippen LogP contribution >= 0.6 is 23.7 Å². The van der Waals surface area contributed by atoms with E-state index in [1.165, 1.54) is 36.1 Å². The minimum Gasteiger partial charge on any atom is -0.383 e. The van der Waals surface area contributed by atoms with Crippen LogP contribution in [0.1, 0.15) is 45.8 Å². The number of methoxy groups -OCH3 is 1. The summed E-state index contributed by atoms with van der Waals surface area (Å²) in [6, 6.07) is 2.11. The molecule has 0 saturated carbocycles. The lowest BCUT2D eigenvalue weighted by atomic mass is 10.00. The third-order valence-electron chi connectivity index (χ3n) is 3.79. The number of fused-ring (bicyclic) bond motifs is 1. The van der Waals surface area contributed by atoms with Crippen molar-refractivity contribution in [1.82, 2.24) is 10.6 Å². The maximum atomic E-state index is 12.2. The monoisotopic (exact) mass is 346 g/mol. The van der Waals surface area contributed by atoms with Gasteiger partial charge in [0.15, 0.2) is 0 Å². The van der Waals surface area contributed by atoms with Crippen LogP contribution in [-0.2, 0) is 17.6 Å². The Labute approximate surface area is 143 Å². The lowest BCUT2D eigenvalue weighted by molar-refractivity contribution is 0.0957. The van der Waals surface area contributed by atoms with Gasteiger partial charge in [0.05, 0.1) is 11.5 Å². The normalized spacial score (nSPS) is 14.4. The summed E-state index contributed by atoms with van der Waals surface area (Å²) in [5.74, 6) is 0.0697. The SMILES string of the molecule is COCCNCCNC(=O)c1cc2c(s1)CCCCCC2.Cl.